The van der Waals surface area contributed by atoms with Gasteiger partial charge in [0.25, 0.3) is 0 Å². The Labute approximate surface area is 95.6 Å². The lowest BCUT2D eigenvalue weighted by Gasteiger charge is -2.05. The van der Waals surface area contributed by atoms with Gasteiger partial charge in [-0.05, 0) is 17.7 Å². The molecule has 0 aliphatic rings. The van der Waals surface area contributed by atoms with Crippen LogP contribution in [0.1, 0.15) is 12.0 Å². The van der Waals surface area contributed by atoms with Crippen LogP contribution in [-0.2, 0) is 16.1 Å². The molecule has 0 radical (unpaired) electrons. The summed E-state index contributed by atoms with van der Waals surface area (Å²) in [7, 11) is 3.25. The summed E-state index contributed by atoms with van der Waals surface area (Å²) < 4.78 is 10.5. The molecule has 0 aliphatic carbocycles. The normalized spacial score (nSPS) is 9.88. The molecule has 0 saturated heterocycles. The van der Waals surface area contributed by atoms with Crippen molar-refractivity contribution >= 4 is 5.91 Å². The van der Waals surface area contributed by atoms with E-state index in [-0.39, 0.29) is 5.91 Å². The van der Waals surface area contributed by atoms with Gasteiger partial charge in [-0.2, -0.15) is 0 Å². The van der Waals surface area contributed by atoms with Gasteiger partial charge < -0.3 is 14.8 Å². The quantitative estimate of drug-likeness (QED) is 0.740. The van der Waals surface area contributed by atoms with Gasteiger partial charge >= 0.3 is 0 Å². The summed E-state index contributed by atoms with van der Waals surface area (Å²) in [6.07, 6.45) is 0.389. The van der Waals surface area contributed by atoms with E-state index in [0.717, 1.165) is 11.3 Å². The third-order valence-corrected chi connectivity index (χ3v) is 2.16. The minimum atomic E-state index is -0.00866. The molecule has 1 aromatic carbocycles. The van der Waals surface area contributed by atoms with Crippen molar-refractivity contribution in [1.29, 1.82) is 0 Å². The third-order valence-electron chi connectivity index (χ3n) is 2.16. The second kappa shape index (κ2) is 6.85. The molecular formula is C12H17NO3. The Hall–Kier alpha value is -1.55. The zero-order chi connectivity index (χ0) is 11.8. The lowest BCUT2D eigenvalue weighted by molar-refractivity contribution is -0.121. The van der Waals surface area contributed by atoms with Crippen LogP contribution in [0.15, 0.2) is 24.3 Å². The van der Waals surface area contributed by atoms with Crippen molar-refractivity contribution in [3.63, 3.8) is 0 Å². The van der Waals surface area contributed by atoms with Crippen molar-refractivity contribution in [2.45, 2.75) is 13.0 Å². The average molecular weight is 223 g/mol. The number of ether oxygens (including phenoxy) is 2. The first kappa shape index (κ1) is 12.5. The van der Waals surface area contributed by atoms with E-state index in [4.69, 9.17) is 9.47 Å². The van der Waals surface area contributed by atoms with Crippen LogP contribution in [0.5, 0.6) is 5.75 Å². The summed E-state index contributed by atoms with van der Waals surface area (Å²) >= 11 is 0. The Morgan fingerprint density at radius 2 is 2.25 bits per heavy atom. The highest BCUT2D eigenvalue weighted by Crippen LogP contribution is 2.13. The maximum atomic E-state index is 10.9. The lowest BCUT2D eigenvalue weighted by atomic mass is 10.2. The van der Waals surface area contributed by atoms with Crippen molar-refractivity contribution in [3.05, 3.63) is 29.8 Å². The van der Waals surface area contributed by atoms with Gasteiger partial charge in [-0.25, -0.2) is 0 Å². The van der Waals surface area contributed by atoms with Crippen molar-refractivity contribution in [1.82, 2.24) is 5.32 Å². The molecule has 0 heterocycles. The molecule has 0 aromatic heterocycles. The van der Waals surface area contributed by atoms with E-state index in [1.807, 2.05) is 24.3 Å². The Morgan fingerprint density at radius 3 is 2.94 bits per heavy atom. The lowest BCUT2D eigenvalue weighted by Crippen LogP contribution is -2.19. The van der Waals surface area contributed by atoms with Gasteiger partial charge in [-0.15, -0.1) is 0 Å². The summed E-state index contributed by atoms with van der Waals surface area (Å²) in [5.74, 6) is 0.804. The van der Waals surface area contributed by atoms with E-state index in [1.165, 1.54) is 0 Å². The predicted molar refractivity (Wildman–Crippen MR) is 61.3 cm³/mol. The summed E-state index contributed by atoms with van der Waals surface area (Å²) in [5, 5.41) is 2.54. The van der Waals surface area contributed by atoms with Crippen LogP contribution < -0.4 is 10.1 Å². The molecule has 0 fully saturated rings. The monoisotopic (exact) mass is 223 g/mol. The molecule has 1 N–H and O–H groups in total. The second-order valence-corrected chi connectivity index (χ2v) is 3.33. The molecule has 0 saturated carbocycles. The van der Waals surface area contributed by atoms with E-state index in [1.54, 1.807) is 14.2 Å². The number of rotatable bonds is 6. The molecule has 16 heavy (non-hydrogen) atoms. The minimum absolute atomic E-state index is 0.00866. The zero-order valence-electron chi connectivity index (χ0n) is 9.66. The largest absolute Gasteiger partial charge is 0.497 e. The fourth-order valence-corrected chi connectivity index (χ4v) is 1.24. The molecule has 1 amide bonds. The molecule has 0 aliphatic heterocycles. The molecule has 88 valence electrons. The van der Waals surface area contributed by atoms with Crippen LogP contribution in [0.2, 0.25) is 0 Å². The number of amides is 1. The molecule has 0 bridgehead atoms. The van der Waals surface area contributed by atoms with E-state index < -0.39 is 0 Å². The molecular weight excluding hydrogens is 206 g/mol. The number of nitrogens with one attached hydrogen (secondary N) is 1. The fourth-order valence-electron chi connectivity index (χ4n) is 1.24. The predicted octanol–water partition coefficient (Wildman–Crippen LogP) is 1.35. The van der Waals surface area contributed by atoms with E-state index in [9.17, 15) is 4.79 Å². The molecule has 4 nitrogen and oxygen atoms in total. The minimum Gasteiger partial charge on any atom is -0.497 e. The number of carbonyl (C=O) groups is 1. The topological polar surface area (TPSA) is 47.6 Å². The van der Waals surface area contributed by atoms with Gasteiger partial charge in [0.15, 0.2) is 0 Å². The van der Waals surface area contributed by atoms with Crippen LogP contribution in [-0.4, -0.2) is 26.7 Å². The standard InChI is InChI=1S/C12H17NO3/c1-13-12(14)6-7-16-9-10-4-3-5-11(8-10)15-2/h3-5,8H,6-7,9H2,1-2H3,(H,13,14). The van der Waals surface area contributed by atoms with Crippen LogP contribution in [0.4, 0.5) is 0 Å². The van der Waals surface area contributed by atoms with Gasteiger partial charge in [-0.3, -0.25) is 4.79 Å². The van der Waals surface area contributed by atoms with Gasteiger partial charge in [0, 0.05) is 13.5 Å². The van der Waals surface area contributed by atoms with Crippen molar-refractivity contribution in [3.8, 4) is 5.75 Å². The van der Waals surface area contributed by atoms with Crippen molar-refractivity contribution in [2.24, 2.45) is 0 Å². The molecule has 0 unspecified atom stereocenters. The number of carbonyl (C=O) groups excluding carboxylic acids is 1. The maximum absolute atomic E-state index is 10.9. The molecule has 0 spiro atoms. The van der Waals surface area contributed by atoms with E-state index in [0.29, 0.717) is 19.6 Å². The molecule has 0 atom stereocenters. The van der Waals surface area contributed by atoms with Crippen LogP contribution in [0, 0.1) is 0 Å². The van der Waals surface area contributed by atoms with Crippen molar-refractivity contribution < 1.29 is 14.3 Å². The van der Waals surface area contributed by atoms with E-state index >= 15 is 0 Å². The fraction of sp³-hybridized carbons (Fsp3) is 0.417. The second-order valence-electron chi connectivity index (χ2n) is 3.33. The van der Waals surface area contributed by atoms with Gasteiger partial charge in [0.1, 0.15) is 5.75 Å². The Bertz CT molecular complexity index is 339. The van der Waals surface area contributed by atoms with Gasteiger partial charge in [0.2, 0.25) is 5.91 Å². The first-order valence-corrected chi connectivity index (χ1v) is 5.17. The van der Waals surface area contributed by atoms with E-state index in [2.05, 4.69) is 5.32 Å². The van der Waals surface area contributed by atoms with Gasteiger partial charge in [0.05, 0.1) is 20.3 Å². The maximum Gasteiger partial charge on any atom is 0.222 e. The number of benzene rings is 1. The Morgan fingerprint density at radius 1 is 1.44 bits per heavy atom. The van der Waals surface area contributed by atoms with Crippen molar-refractivity contribution in [2.75, 3.05) is 20.8 Å². The van der Waals surface area contributed by atoms with Crippen LogP contribution in [0.3, 0.4) is 0 Å². The third kappa shape index (κ3) is 4.31. The van der Waals surface area contributed by atoms with Crippen LogP contribution >= 0.6 is 0 Å². The molecule has 1 aromatic rings. The number of hydrogen-bond donors (Lipinski definition) is 1. The van der Waals surface area contributed by atoms with Gasteiger partial charge in [-0.1, -0.05) is 12.1 Å². The first-order valence-electron chi connectivity index (χ1n) is 5.17. The molecule has 1 rings (SSSR count). The highest BCUT2D eigenvalue weighted by molar-refractivity contribution is 5.75. The summed E-state index contributed by atoms with van der Waals surface area (Å²) in [6, 6.07) is 7.67. The summed E-state index contributed by atoms with van der Waals surface area (Å²) in [6.45, 7) is 0.922. The highest BCUT2D eigenvalue weighted by Gasteiger charge is 1.99. The van der Waals surface area contributed by atoms with Crippen LogP contribution in [0.25, 0.3) is 0 Å². The SMILES string of the molecule is CNC(=O)CCOCc1cccc(OC)c1. The zero-order valence-corrected chi connectivity index (χ0v) is 9.66. The first-order chi connectivity index (χ1) is 7.76. The summed E-state index contributed by atoms with van der Waals surface area (Å²) in [4.78, 5) is 10.9. The smallest absolute Gasteiger partial charge is 0.222 e. The Balaban J connectivity index is 2.28. The number of methoxy groups -OCH3 is 1. The highest BCUT2D eigenvalue weighted by atomic mass is 16.5. The average Bonchev–Trinajstić information content (AvgIpc) is 2.34. The summed E-state index contributed by atoms with van der Waals surface area (Å²) in [5.41, 5.74) is 1.04. The number of hydrogen-bond acceptors (Lipinski definition) is 3. The Kier molecular flexibility index (Phi) is 5.36. The molecule has 4 heteroatoms.